The molecule has 4 heteroatoms. The second-order valence-corrected chi connectivity index (χ2v) is 13.8. The van der Waals surface area contributed by atoms with Gasteiger partial charge in [0.1, 0.15) is 5.82 Å². The van der Waals surface area contributed by atoms with Crippen molar-refractivity contribution in [1.29, 1.82) is 0 Å². The molecule has 2 N–H and O–H groups in total. The van der Waals surface area contributed by atoms with Crippen LogP contribution < -0.4 is 0 Å². The topological polar surface area (TPSA) is 66.2 Å². The fraction of sp³-hybridized carbons (Fsp3) is 0.750. The van der Waals surface area contributed by atoms with Crippen LogP contribution in [0.2, 0.25) is 0 Å². The highest BCUT2D eigenvalue weighted by molar-refractivity contribution is 5.78. The summed E-state index contributed by atoms with van der Waals surface area (Å²) in [5.41, 5.74) is 2.94. The van der Waals surface area contributed by atoms with Gasteiger partial charge < -0.3 is 10.2 Å². The summed E-state index contributed by atoms with van der Waals surface area (Å²) in [6, 6.07) is 6.42. The van der Waals surface area contributed by atoms with Crippen LogP contribution in [0.25, 0.3) is 10.9 Å². The van der Waals surface area contributed by atoms with E-state index in [-0.39, 0.29) is 12.2 Å². The molecule has 4 saturated carbocycles. The Bertz CT molecular complexity index is 1120. The molecule has 0 spiro atoms. The van der Waals surface area contributed by atoms with Gasteiger partial charge in [0.25, 0.3) is 0 Å². The zero-order valence-electron chi connectivity index (χ0n) is 22.8. The van der Waals surface area contributed by atoms with Crippen molar-refractivity contribution in [3.05, 3.63) is 35.8 Å². The van der Waals surface area contributed by atoms with Crippen molar-refractivity contribution in [2.45, 2.75) is 104 Å². The van der Waals surface area contributed by atoms with Crippen molar-refractivity contribution in [2.24, 2.45) is 46.3 Å². The number of rotatable bonds is 4. The van der Waals surface area contributed by atoms with E-state index in [0.29, 0.717) is 40.4 Å². The molecule has 1 aromatic heterocycles. The molecule has 0 aliphatic heterocycles. The minimum absolute atomic E-state index is 0.159. The van der Waals surface area contributed by atoms with Crippen molar-refractivity contribution in [1.82, 2.24) is 9.97 Å². The van der Waals surface area contributed by atoms with Crippen molar-refractivity contribution in [3.8, 4) is 0 Å². The maximum absolute atomic E-state index is 11.5. The third kappa shape index (κ3) is 3.93. The summed E-state index contributed by atoms with van der Waals surface area (Å²) in [6.07, 6.45) is 12.8. The molecule has 196 valence electrons. The predicted molar refractivity (Wildman–Crippen MR) is 144 cm³/mol. The molecular formula is C32H46N2O2. The number of hydrogen-bond donors (Lipinski definition) is 2. The Labute approximate surface area is 217 Å². The van der Waals surface area contributed by atoms with Crippen LogP contribution in [-0.2, 0) is 6.42 Å². The summed E-state index contributed by atoms with van der Waals surface area (Å²) >= 11 is 0. The quantitative estimate of drug-likeness (QED) is 0.513. The summed E-state index contributed by atoms with van der Waals surface area (Å²) in [5.74, 6) is 4.54. The second kappa shape index (κ2) is 9.05. The van der Waals surface area contributed by atoms with Gasteiger partial charge in [0, 0.05) is 18.0 Å². The van der Waals surface area contributed by atoms with Crippen molar-refractivity contribution >= 4 is 10.9 Å². The van der Waals surface area contributed by atoms with E-state index < -0.39 is 0 Å². The highest BCUT2D eigenvalue weighted by Crippen LogP contribution is 2.68. The van der Waals surface area contributed by atoms with E-state index in [0.717, 1.165) is 61.2 Å². The van der Waals surface area contributed by atoms with Crippen LogP contribution in [0.3, 0.4) is 0 Å². The highest BCUT2D eigenvalue weighted by atomic mass is 16.3. The Kier molecular flexibility index (Phi) is 6.23. The molecule has 1 aromatic carbocycles. The monoisotopic (exact) mass is 490 g/mol. The number of nitrogens with zero attached hydrogens (tertiary/aromatic N) is 2. The number of aryl methyl sites for hydroxylation is 2. The molecule has 36 heavy (non-hydrogen) atoms. The van der Waals surface area contributed by atoms with E-state index in [1.54, 1.807) is 0 Å². The number of aromatic nitrogens is 2. The fourth-order valence-corrected chi connectivity index (χ4v) is 10.0. The Morgan fingerprint density at radius 3 is 2.61 bits per heavy atom. The Morgan fingerprint density at radius 1 is 1.00 bits per heavy atom. The normalized spacial score (nSPS) is 43.0. The molecule has 4 nitrogen and oxygen atoms in total. The lowest BCUT2D eigenvalue weighted by atomic mass is 9.43. The molecule has 4 aliphatic carbocycles. The first-order chi connectivity index (χ1) is 17.2. The third-order valence-corrected chi connectivity index (χ3v) is 12.0. The van der Waals surface area contributed by atoms with Crippen molar-refractivity contribution < 1.29 is 10.2 Å². The third-order valence-electron chi connectivity index (χ3n) is 12.0. The molecule has 0 radical (unpaired) electrons. The Hall–Kier alpha value is -1.52. The molecule has 0 saturated heterocycles. The standard InChI is InChI=1S/C32H46N2O2/c1-19-5-9-27-21(15-19)18-33-29(34-27)10-6-20(2)24-7-8-25-30-26(12-14-32(24,25)4)31(3)13-11-23(35)16-22(31)17-28(30)36/h5,9,15,18,20,22-26,28,30,35-36H,6-8,10-14,16-17H2,1-4H3/t20-,22+,23-,24-,25+,26?,28-,30+,31+,32-/m1/s1. The zero-order chi connectivity index (χ0) is 25.2. The molecular weight excluding hydrogens is 444 g/mol. The van der Waals surface area contributed by atoms with Crippen LogP contribution in [0.1, 0.15) is 89.9 Å². The van der Waals surface area contributed by atoms with Gasteiger partial charge in [-0.1, -0.05) is 32.4 Å². The van der Waals surface area contributed by atoms with Gasteiger partial charge in [0.15, 0.2) is 0 Å². The van der Waals surface area contributed by atoms with Gasteiger partial charge in [-0.15, -0.1) is 0 Å². The summed E-state index contributed by atoms with van der Waals surface area (Å²) in [4.78, 5) is 9.57. The first-order valence-corrected chi connectivity index (χ1v) is 14.8. The minimum Gasteiger partial charge on any atom is -0.393 e. The van der Waals surface area contributed by atoms with Gasteiger partial charge in [0.2, 0.25) is 0 Å². The van der Waals surface area contributed by atoms with Gasteiger partial charge in [-0.05, 0) is 123 Å². The molecule has 2 aromatic rings. The highest BCUT2D eigenvalue weighted by Gasteiger charge is 2.62. The number of aliphatic hydroxyl groups is 2. The van der Waals surface area contributed by atoms with Crippen LogP contribution in [-0.4, -0.2) is 32.4 Å². The average Bonchev–Trinajstić information content (AvgIpc) is 3.21. The molecule has 0 bridgehead atoms. The van der Waals surface area contributed by atoms with Gasteiger partial charge >= 0.3 is 0 Å². The molecule has 6 rings (SSSR count). The van der Waals surface area contributed by atoms with E-state index >= 15 is 0 Å². The Balaban J connectivity index is 1.16. The molecule has 1 heterocycles. The van der Waals surface area contributed by atoms with E-state index in [1.807, 2.05) is 6.20 Å². The SMILES string of the molecule is Cc1ccc2nc(CC[C@@H](C)[C@H]3CC[C@H]4[C@H]5C(CC[C@]34C)[C@@]3(C)CC[C@@H](O)C[C@H]3C[C@H]5O)ncc2c1. The summed E-state index contributed by atoms with van der Waals surface area (Å²) in [7, 11) is 0. The summed E-state index contributed by atoms with van der Waals surface area (Å²) in [6.45, 7) is 9.66. The summed E-state index contributed by atoms with van der Waals surface area (Å²) in [5, 5.41) is 23.0. The molecule has 0 amide bonds. The van der Waals surface area contributed by atoms with Crippen LogP contribution >= 0.6 is 0 Å². The largest absolute Gasteiger partial charge is 0.393 e. The first kappa shape index (κ1) is 24.8. The van der Waals surface area contributed by atoms with Gasteiger partial charge in [-0.2, -0.15) is 0 Å². The lowest BCUT2D eigenvalue weighted by molar-refractivity contribution is -0.174. The number of aliphatic hydroxyl groups excluding tert-OH is 2. The number of fused-ring (bicyclic) bond motifs is 6. The van der Waals surface area contributed by atoms with Crippen LogP contribution in [0.5, 0.6) is 0 Å². The lowest BCUT2D eigenvalue weighted by Crippen LogP contribution is -2.58. The molecule has 4 aliphatic rings. The van der Waals surface area contributed by atoms with Crippen molar-refractivity contribution in [2.75, 3.05) is 0 Å². The van der Waals surface area contributed by atoms with E-state index in [1.165, 1.54) is 31.2 Å². The second-order valence-electron chi connectivity index (χ2n) is 13.8. The van der Waals surface area contributed by atoms with Crippen molar-refractivity contribution in [3.63, 3.8) is 0 Å². The minimum atomic E-state index is -0.188. The average molecular weight is 491 g/mol. The van der Waals surface area contributed by atoms with E-state index in [2.05, 4.69) is 45.9 Å². The van der Waals surface area contributed by atoms with Crippen LogP contribution in [0, 0.1) is 53.3 Å². The zero-order valence-corrected chi connectivity index (χ0v) is 22.8. The maximum atomic E-state index is 11.5. The van der Waals surface area contributed by atoms with Gasteiger partial charge in [-0.3, -0.25) is 0 Å². The lowest BCUT2D eigenvalue weighted by Gasteiger charge is -2.62. The van der Waals surface area contributed by atoms with Crippen LogP contribution in [0.4, 0.5) is 0 Å². The molecule has 1 unspecified atom stereocenters. The Morgan fingerprint density at radius 2 is 1.78 bits per heavy atom. The molecule has 4 fully saturated rings. The predicted octanol–water partition coefficient (Wildman–Crippen LogP) is 6.50. The fourth-order valence-electron chi connectivity index (χ4n) is 10.0. The first-order valence-electron chi connectivity index (χ1n) is 14.8. The maximum Gasteiger partial charge on any atom is 0.128 e. The number of benzene rings is 1. The van der Waals surface area contributed by atoms with E-state index in [9.17, 15) is 10.2 Å². The summed E-state index contributed by atoms with van der Waals surface area (Å²) < 4.78 is 0. The van der Waals surface area contributed by atoms with Crippen LogP contribution in [0.15, 0.2) is 24.4 Å². The van der Waals surface area contributed by atoms with E-state index in [4.69, 9.17) is 9.97 Å². The molecule has 10 atom stereocenters. The van der Waals surface area contributed by atoms with Gasteiger partial charge in [0.05, 0.1) is 17.7 Å². The number of hydrogen-bond acceptors (Lipinski definition) is 4. The smallest absolute Gasteiger partial charge is 0.128 e. The van der Waals surface area contributed by atoms with Gasteiger partial charge in [-0.25, -0.2) is 9.97 Å².